The summed E-state index contributed by atoms with van der Waals surface area (Å²) in [6.45, 7) is 3.21. The van der Waals surface area contributed by atoms with Crippen molar-refractivity contribution in [2.45, 2.75) is 48.6 Å². The molecule has 0 N–H and O–H groups in total. The first-order valence-corrected chi connectivity index (χ1v) is 9.51. The Morgan fingerprint density at radius 2 is 1.86 bits per heavy atom. The molecule has 21 heavy (non-hydrogen) atoms. The highest BCUT2D eigenvalue weighted by atomic mass is 32.2. The van der Waals surface area contributed by atoms with Crippen molar-refractivity contribution < 1.29 is 17.9 Å². The van der Waals surface area contributed by atoms with Crippen LogP contribution in [0.15, 0.2) is 16.3 Å². The van der Waals surface area contributed by atoms with Gasteiger partial charge in [0.05, 0.1) is 13.2 Å². The number of hydrogen-bond acceptors (Lipinski definition) is 5. The summed E-state index contributed by atoms with van der Waals surface area (Å²) in [7, 11) is -1.70. The SMILES string of the molecule is Cc1ccc(S(=O)(=O)N(C)C2CCC3(CC2)OCCO3)s1. The van der Waals surface area contributed by atoms with Crippen molar-refractivity contribution in [1.29, 1.82) is 0 Å². The van der Waals surface area contributed by atoms with Crippen molar-refractivity contribution in [1.82, 2.24) is 4.31 Å². The Hall–Kier alpha value is -0.470. The summed E-state index contributed by atoms with van der Waals surface area (Å²) in [5, 5.41) is 0. The Bertz CT molecular complexity index is 594. The first-order chi connectivity index (χ1) is 9.93. The topological polar surface area (TPSA) is 55.8 Å². The molecule has 1 aromatic heterocycles. The first kappa shape index (κ1) is 15.4. The maximum Gasteiger partial charge on any atom is 0.252 e. The molecule has 0 bridgehead atoms. The molecule has 0 radical (unpaired) electrons. The maximum atomic E-state index is 12.6. The summed E-state index contributed by atoms with van der Waals surface area (Å²) in [5.74, 6) is -0.444. The van der Waals surface area contributed by atoms with Crippen molar-refractivity contribution in [3.05, 3.63) is 17.0 Å². The molecule has 3 rings (SSSR count). The summed E-state index contributed by atoms with van der Waals surface area (Å²) in [6.07, 6.45) is 3.09. The molecule has 0 aromatic carbocycles. The average Bonchev–Trinajstić information content (AvgIpc) is 3.09. The Kier molecular flexibility index (Phi) is 4.13. The second-order valence-corrected chi connectivity index (χ2v) is 9.24. The Labute approximate surface area is 129 Å². The molecule has 2 fully saturated rings. The highest BCUT2D eigenvalue weighted by Gasteiger charge is 2.42. The zero-order valence-corrected chi connectivity index (χ0v) is 14.0. The predicted octanol–water partition coefficient (Wildman–Crippen LogP) is 2.36. The van der Waals surface area contributed by atoms with Crippen LogP contribution in [-0.4, -0.2) is 44.8 Å². The number of ether oxygens (including phenoxy) is 2. The third-order valence-electron chi connectivity index (χ3n) is 4.39. The predicted molar refractivity (Wildman–Crippen MR) is 80.9 cm³/mol. The van der Waals surface area contributed by atoms with Gasteiger partial charge in [0, 0.05) is 30.8 Å². The van der Waals surface area contributed by atoms with Crippen molar-refractivity contribution in [3.8, 4) is 0 Å². The van der Waals surface area contributed by atoms with Crippen LogP contribution in [0.3, 0.4) is 0 Å². The Morgan fingerprint density at radius 1 is 1.24 bits per heavy atom. The third-order valence-corrected chi connectivity index (χ3v) is 7.77. The summed E-state index contributed by atoms with van der Waals surface area (Å²) in [4.78, 5) is 1.01. The zero-order valence-electron chi connectivity index (χ0n) is 12.4. The van der Waals surface area contributed by atoms with E-state index in [-0.39, 0.29) is 6.04 Å². The second kappa shape index (κ2) is 5.62. The minimum absolute atomic E-state index is 0.0239. The molecule has 1 aromatic rings. The van der Waals surface area contributed by atoms with Crippen LogP contribution in [0.25, 0.3) is 0 Å². The van der Waals surface area contributed by atoms with Gasteiger partial charge in [0.2, 0.25) is 0 Å². The van der Waals surface area contributed by atoms with Gasteiger partial charge in [-0.3, -0.25) is 0 Å². The second-order valence-electron chi connectivity index (χ2n) is 5.73. The largest absolute Gasteiger partial charge is 0.348 e. The van der Waals surface area contributed by atoms with Crippen LogP contribution in [0.5, 0.6) is 0 Å². The lowest BCUT2D eigenvalue weighted by Gasteiger charge is -2.38. The van der Waals surface area contributed by atoms with Crippen LogP contribution in [0, 0.1) is 6.92 Å². The van der Waals surface area contributed by atoms with Crippen molar-refractivity contribution in [2.75, 3.05) is 20.3 Å². The Morgan fingerprint density at radius 3 is 2.38 bits per heavy atom. The highest BCUT2D eigenvalue weighted by Crippen LogP contribution is 2.38. The minimum atomic E-state index is -3.38. The fourth-order valence-corrected chi connectivity index (χ4v) is 5.97. The van der Waals surface area contributed by atoms with Crippen molar-refractivity contribution in [3.63, 3.8) is 0 Å². The number of rotatable bonds is 3. The van der Waals surface area contributed by atoms with E-state index in [2.05, 4.69) is 0 Å². The van der Waals surface area contributed by atoms with E-state index in [9.17, 15) is 8.42 Å². The van der Waals surface area contributed by atoms with Gasteiger partial charge in [0.1, 0.15) is 4.21 Å². The molecule has 118 valence electrons. The molecular formula is C14H21NO4S2. The average molecular weight is 331 g/mol. The van der Waals surface area contributed by atoms with Crippen LogP contribution >= 0.6 is 11.3 Å². The van der Waals surface area contributed by atoms with Gasteiger partial charge in [-0.15, -0.1) is 11.3 Å². The summed E-state index contributed by atoms with van der Waals surface area (Å²) in [6, 6.07) is 3.57. The molecule has 1 saturated heterocycles. The van der Waals surface area contributed by atoms with Gasteiger partial charge in [-0.1, -0.05) is 0 Å². The Balaban J connectivity index is 1.70. The molecule has 0 unspecified atom stereocenters. The maximum absolute atomic E-state index is 12.6. The van der Waals surface area contributed by atoms with E-state index in [4.69, 9.17) is 9.47 Å². The number of nitrogens with zero attached hydrogens (tertiary/aromatic N) is 1. The lowest BCUT2D eigenvalue weighted by atomic mass is 9.90. The molecule has 0 amide bonds. The van der Waals surface area contributed by atoms with E-state index in [1.165, 1.54) is 15.6 Å². The number of hydrogen-bond donors (Lipinski definition) is 0. The van der Waals surface area contributed by atoms with Gasteiger partial charge < -0.3 is 9.47 Å². The molecule has 1 aliphatic heterocycles. The summed E-state index contributed by atoms with van der Waals surface area (Å²) in [5.41, 5.74) is 0. The molecule has 7 heteroatoms. The fourth-order valence-electron chi connectivity index (χ4n) is 3.08. The normalized spacial score (nSPS) is 23.2. The molecule has 0 atom stereocenters. The molecule has 2 aliphatic rings. The van der Waals surface area contributed by atoms with Gasteiger partial charge in [-0.25, -0.2) is 8.42 Å². The monoisotopic (exact) mass is 331 g/mol. The van der Waals surface area contributed by atoms with E-state index >= 15 is 0 Å². The lowest BCUT2D eigenvalue weighted by Crippen LogP contribution is -2.44. The van der Waals surface area contributed by atoms with Gasteiger partial charge >= 0.3 is 0 Å². The number of sulfonamides is 1. The van der Waals surface area contributed by atoms with E-state index in [1.54, 1.807) is 13.1 Å². The van der Waals surface area contributed by atoms with Crippen molar-refractivity contribution in [2.24, 2.45) is 0 Å². The van der Waals surface area contributed by atoms with Crippen LogP contribution in [0.1, 0.15) is 30.6 Å². The smallest absolute Gasteiger partial charge is 0.252 e. The van der Waals surface area contributed by atoms with Gasteiger partial charge in [0.15, 0.2) is 5.79 Å². The standard InChI is InChI=1S/C14H21NO4S2/c1-11-3-4-13(20-11)21(16,17)15(2)12-5-7-14(8-6-12)18-9-10-19-14/h3-4,12H,5-10H2,1-2H3. The lowest BCUT2D eigenvalue weighted by molar-refractivity contribution is -0.181. The summed E-state index contributed by atoms with van der Waals surface area (Å²) < 4.78 is 38.6. The van der Waals surface area contributed by atoms with Crippen molar-refractivity contribution >= 4 is 21.4 Å². The minimum Gasteiger partial charge on any atom is -0.348 e. The van der Waals surface area contributed by atoms with Crippen LogP contribution in [0.2, 0.25) is 0 Å². The number of thiophene rings is 1. The zero-order chi connectivity index (χ0) is 15.1. The van der Waals surface area contributed by atoms with Gasteiger partial charge in [-0.2, -0.15) is 4.31 Å². The number of aryl methyl sites for hydroxylation is 1. The molecular weight excluding hydrogens is 310 g/mol. The molecule has 1 aliphatic carbocycles. The van der Waals surface area contributed by atoms with Crippen LogP contribution in [-0.2, 0) is 19.5 Å². The van der Waals surface area contributed by atoms with E-state index < -0.39 is 15.8 Å². The van der Waals surface area contributed by atoms with Crippen LogP contribution < -0.4 is 0 Å². The molecule has 1 saturated carbocycles. The first-order valence-electron chi connectivity index (χ1n) is 7.25. The highest BCUT2D eigenvalue weighted by molar-refractivity contribution is 7.91. The molecule has 1 spiro atoms. The van der Waals surface area contributed by atoms with E-state index in [1.807, 2.05) is 13.0 Å². The molecule has 5 nitrogen and oxygen atoms in total. The fraction of sp³-hybridized carbons (Fsp3) is 0.714. The van der Waals surface area contributed by atoms with Gasteiger partial charge in [-0.05, 0) is 31.9 Å². The van der Waals surface area contributed by atoms with E-state index in [0.29, 0.717) is 17.4 Å². The summed E-state index contributed by atoms with van der Waals surface area (Å²) >= 11 is 1.33. The van der Waals surface area contributed by atoms with E-state index in [0.717, 1.165) is 30.6 Å². The molecule has 2 heterocycles. The quantitative estimate of drug-likeness (QED) is 0.853. The third kappa shape index (κ3) is 2.90. The van der Waals surface area contributed by atoms with Crippen LogP contribution in [0.4, 0.5) is 0 Å². The van der Waals surface area contributed by atoms with Gasteiger partial charge in [0.25, 0.3) is 10.0 Å².